The van der Waals surface area contributed by atoms with E-state index in [4.69, 9.17) is 5.11 Å². The zero-order valence-corrected chi connectivity index (χ0v) is 10.4. The summed E-state index contributed by atoms with van der Waals surface area (Å²) in [6.45, 7) is 1.47. The first-order valence-corrected chi connectivity index (χ1v) is 6.30. The number of hydrogen-bond donors (Lipinski definition) is 1. The van der Waals surface area contributed by atoms with Crippen molar-refractivity contribution in [3.05, 3.63) is 23.8 Å². The number of hydrogen-bond acceptors (Lipinski definition) is 4. The summed E-state index contributed by atoms with van der Waals surface area (Å²) in [7, 11) is 0. The zero-order chi connectivity index (χ0) is 13.3. The standard InChI is InChI=1S/C12H11NO4S/c1-7(12(16)17)13-9-3-2-8(5-14)4-10(9)18-6-11(13)15/h2-5,7H,6H2,1H3,(H,16,17). The van der Waals surface area contributed by atoms with Crippen LogP contribution in [-0.4, -0.2) is 35.1 Å². The maximum absolute atomic E-state index is 11.8. The van der Waals surface area contributed by atoms with Gasteiger partial charge in [0.15, 0.2) is 0 Å². The van der Waals surface area contributed by atoms with E-state index in [-0.39, 0.29) is 11.7 Å². The van der Waals surface area contributed by atoms with Crippen LogP contribution in [-0.2, 0) is 9.59 Å². The molecule has 0 saturated carbocycles. The van der Waals surface area contributed by atoms with E-state index in [2.05, 4.69) is 0 Å². The fourth-order valence-corrected chi connectivity index (χ4v) is 2.75. The number of fused-ring (bicyclic) bond motifs is 1. The first-order valence-electron chi connectivity index (χ1n) is 5.31. The van der Waals surface area contributed by atoms with Gasteiger partial charge < -0.3 is 5.11 Å². The van der Waals surface area contributed by atoms with Gasteiger partial charge in [-0.3, -0.25) is 14.5 Å². The SMILES string of the molecule is CC(C(=O)O)N1C(=O)CSc2cc(C=O)ccc21. The van der Waals surface area contributed by atoms with E-state index in [1.54, 1.807) is 18.2 Å². The molecule has 1 atom stereocenters. The molecule has 0 fully saturated rings. The number of rotatable bonds is 3. The van der Waals surface area contributed by atoms with Gasteiger partial charge in [0.25, 0.3) is 0 Å². The van der Waals surface area contributed by atoms with E-state index in [1.165, 1.54) is 23.6 Å². The molecule has 0 aromatic heterocycles. The number of aliphatic carboxylic acids is 1. The number of carboxylic acid groups (broad SMARTS) is 1. The van der Waals surface area contributed by atoms with Crippen LogP contribution >= 0.6 is 11.8 Å². The third-order valence-electron chi connectivity index (χ3n) is 2.74. The highest BCUT2D eigenvalue weighted by Crippen LogP contribution is 2.36. The van der Waals surface area contributed by atoms with Crippen LogP contribution in [0.25, 0.3) is 0 Å². The highest BCUT2D eigenvalue weighted by molar-refractivity contribution is 8.00. The van der Waals surface area contributed by atoms with Crippen LogP contribution < -0.4 is 4.90 Å². The van der Waals surface area contributed by atoms with Gasteiger partial charge in [0.1, 0.15) is 12.3 Å². The molecule has 2 rings (SSSR count). The van der Waals surface area contributed by atoms with Crippen molar-refractivity contribution in [3.63, 3.8) is 0 Å². The summed E-state index contributed by atoms with van der Waals surface area (Å²) >= 11 is 1.32. The molecule has 0 spiro atoms. The average molecular weight is 265 g/mol. The quantitative estimate of drug-likeness (QED) is 0.836. The van der Waals surface area contributed by atoms with Gasteiger partial charge in [-0.1, -0.05) is 0 Å². The third kappa shape index (κ3) is 2.11. The highest BCUT2D eigenvalue weighted by Gasteiger charge is 2.32. The summed E-state index contributed by atoms with van der Waals surface area (Å²) in [6, 6.07) is 3.94. The van der Waals surface area contributed by atoms with Crippen LogP contribution in [0.3, 0.4) is 0 Å². The van der Waals surface area contributed by atoms with Crippen molar-refractivity contribution in [2.45, 2.75) is 17.9 Å². The van der Waals surface area contributed by atoms with E-state index in [9.17, 15) is 14.4 Å². The summed E-state index contributed by atoms with van der Waals surface area (Å²) in [5.41, 5.74) is 1.07. The Labute approximate surface area is 108 Å². The van der Waals surface area contributed by atoms with Gasteiger partial charge >= 0.3 is 5.97 Å². The fraction of sp³-hybridized carbons (Fsp3) is 0.250. The average Bonchev–Trinajstić information content (AvgIpc) is 2.37. The maximum Gasteiger partial charge on any atom is 0.326 e. The number of thioether (sulfide) groups is 1. The molecule has 94 valence electrons. The summed E-state index contributed by atoms with van der Waals surface area (Å²) < 4.78 is 0. The second-order valence-electron chi connectivity index (χ2n) is 3.91. The molecule has 0 aliphatic carbocycles. The largest absolute Gasteiger partial charge is 0.480 e. The molecule has 1 N–H and O–H groups in total. The molecular weight excluding hydrogens is 254 g/mol. The molecule has 0 bridgehead atoms. The molecule has 0 saturated heterocycles. The number of benzene rings is 1. The molecule has 18 heavy (non-hydrogen) atoms. The lowest BCUT2D eigenvalue weighted by atomic mass is 10.1. The van der Waals surface area contributed by atoms with E-state index in [0.29, 0.717) is 11.3 Å². The number of nitrogens with zero attached hydrogens (tertiary/aromatic N) is 1. The van der Waals surface area contributed by atoms with Gasteiger partial charge in [-0.25, -0.2) is 4.79 Å². The van der Waals surface area contributed by atoms with Gasteiger partial charge in [0.2, 0.25) is 5.91 Å². The summed E-state index contributed by atoms with van der Waals surface area (Å²) in [5, 5.41) is 9.02. The first-order chi connectivity index (χ1) is 8.54. The summed E-state index contributed by atoms with van der Waals surface area (Å²) in [6.07, 6.45) is 0.724. The second kappa shape index (κ2) is 4.81. The van der Waals surface area contributed by atoms with E-state index in [1.807, 2.05) is 0 Å². The monoisotopic (exact) mass is 265 g/mol. The Morgan fingerprint density at radius 3 is 2.89 bits per heavy atom. The van der Waals surface area contributed by atoms with Crippen LogP contribution in [0.15, 0.2) is 23.1 Å². The molecule has 1 aliphatic rings. The van der Waals surface area contributed by atoms with Gasteiger partial charge in [-0.15, -0.1) is 11.8 Å². The van der Waals surface area contributed by atoms with Crippen LogP contribution in [0, 0.1) is 0 Å². The molecule has 5 nitrogen and oxygen atoms in total. The van der Waals surface area contributed by atoms with Gasteiger partial charge in [0.05, 0.1) is 11.4 Å². The molecule has 1 aromatic rings. The maximum atomic E-state index is 11.8. The molecule has 6 heteroatoms. The van der Waals surface area contributed by atoms with Crippen molar-refractivity contribution in [1.82, 2.24) is 0 Å². The Kier molecular flexibility index (Phi) is 3.38. The zero-order valence-electron chi connectivity index (χ0n) is 9.62. The Balaban J connectivity index is 2.47. The number of amides is 1. The Hall–Kier alpha value is -1.82. The van der Waals surface area contributed by atoms with Crippen LogP contribution in [0.4, 0.5) is 5.69 Å². The minimum Gasteiger partial charge on any atom is -0.480 e. The van der Waals surface area contributed by atoms with Crippen molar-refractivity contribution in [2.75, 3.05) is 10.7 Å². The molecule has 0 radical (unpaired) electrons. The van der Waals surface area contributed by atoms with Crippen molar-refractivity contribution in [1.29, 1.82) is 0 Å². The first kappa shape index (κ1) is 12.6. The van der Waals surface area contributed by atoms with Crippen molar-refractivity contribution < 1.29 is 19.5 Å². The van der Waals surface area contributed by atoms with Gasteiger partial charge in [0, 0.05) is 10.5 Å². The number of aldehydes is 1. The molecule has 1 aliphatic heterocycles. The van der Waals surface area contributed by atoms with Crippen LogP contribution in [0.1, 0.15) is 17.3 Å². The fourth-order valence-electron chi connectivity index (χ4n) is 1.80. The van der Waals surface area contributed by atoms with Crippen molar-refractivity contribution in [3.8, 4) is 0 Å². The number of carbonyl (C=O) groups excluding carboxylic acids is 2. The minimum absolute atomic E-state index is 0.187. The van der Waals surface area contributed by atoms with Gasteiger partial charge in [-0.05, 0) is 25.1 Å². The molecule has 1 heterocycles. The lowest BCUT2D eigenvalue weighted by Gasteiger charge is -2.31. The van der Waals surface area contributed by atoms with Crippen LogP contribution in [0.2, 0.25) is 0 Å². The second-order valence-corrected chi connectivity index (χ2v) is 4.93. The molecule has 1 unspecified atom stereocenters. The molecular formula is C12H11NO4S. The summed E-state index contributed by atoms with van der Waals surface area (Å²) in [5.74, 6) is -1.10. The Morgan fingerprint density at radius 1 is 1.56 bits per heavy atom. The van der Waals surface area contributed by atoms with Crippen molar-refractivity contribution in [2.24, 2.45) is 0 Å². The highest BCUT2D eigenvalue weighted by atomic mass is 32.2. The lowest BCUT2D eigenvalue weighted by molar-refractivity contribution is -0.139. The normalized spacial score (nSPS) is 16.1. The third-order valence-corrected chi connectivity index (χ3v) is 3.77. The predicted molar refractivity (Wildman–Crippen MR) is 67.1 cm³/mol. The van der Waals surface area contributed by atoms with Crippen molar-refractivity contribution >= 4 is 35.6 Å². The van der Waals surface area contributed by atoms with Crippen LogP contribution in [0.5, 0.6) is 0 Å². The molecule has 1 aromatic carbocycles. The lowest BCUT2D eigenvalue weighted by Crippen LogP contribution is -2.46. The topological polar surface area (TPSA) is 74.7 Å². The van der Waals surface area contributed by atoms with E-state index >= 15 is 0 Å². The Bertz CT molecular complexity index is 529. The number of anilines is 1. The van der Waals surface area contributed by atoms with E-state index < -0.39 is 12.0 Å². The predicted octanol–water partition coefficient (Wildman–Crippen LogP) is 1.41. The smallest absolute Gasteiger partial charge is 0.326 e. The number of carbonyl (C=O) groups is 3. The minimum atomic E-state index is -1.05. The number of carboxylic acids is 1. The Morgan fingerprint density at radius 2 is 2.28 bits per heavy atom. The van der Waals surface area contributed by atoms with Gasteiger partial charge in [-0.2, -0.15) is 0 Å². The molecule has 1 amide bonds. The summed E-state index contributed by atoms with van der Waals surface area (Å²) in [4.78, 5) is 35.6. The van der Waals surface area contributed by atoms with E-state index in [0.717, 1.165) is 11.2 Å².